The molecule has 0 aliphatic carbocycles. The van der Waals surface area contributed by atoms with Crippen molar-refractivity contribution < 1.29 is 9.59 Å². The first-order chi connectivity index (χ1) is 13.3. The van der Waals surface area contributed by atoms with E-state index in [1.165, 1.54) is 0 Å². The SMILES string of the molecule is O=C(c1ccccc1)c1snc(-c2ccccc2)c1C(=O)c1ccccc1. The molecule has 4 rings (SSSR count). The molecule has 130 valence electrons. The van der Waals surface area contributed by atoms with Gasteiger partial charge in [0.05, 0.1) is 11.3 Å². The fourth-order valence-corrected chi connectivity index (χ4v) is 3.76. The molecule has 0 N–H and O–H groups in total. The van der Waals surface area contributed by atoms with Crippen LogP contribution >= 0.6 is 11.5 Å². The molecule has 0 aliphatic heterocycles. The van der Waals surface area contributed by atoms with Crippen molar-refractivity contribution in [1.29, 1.82) is 0 Å². The standard InChI is InChI=1S/C23H15NO2S/c25-21(17-12-6-2-7-13-17)19-20(16-10-4-1-5-11-16)24-27-23(19)22(26)18-14-8-3-9-15-18/h1-15H. The Morgan fingerprint density at radius 2 is 1.11 bits per heavy atom. The summed E-state index contributed by atoms with van der Waals surface area (Å²) >= 11 is 1.08. The van der Waals surface area contributed by atoms with Gasteiger partial charge in [-0.15, -0.1) is 0 Å². The van der Waals surface area contributed by atoms with E-state index < -0.39 is 0 Å². The Labute approximate surface area is 161 Å². The molecular weight excluding hydrogens is 354 g/mol. The third-order valence-electron chi connectivity index (χ3n) is 4.24. The van der Waals surface area contributed by atoms with Crippen LogP contribution in [0.3, 0.4) is 0 Å². The molecule has 0 radical (unpaired) electrons. The van der Waals surface area contributed by atoms with Crippen LogP contribution in [-0.4, -0.2) is 15.9 Å². The van der Waals surface area contributed by atoms with Gasteiger partial charge in [0.25, 0.3) is 0 Å². The smallest absolute Gasteiger partial charge is 0.205 e. The number of carbonyl (C=O) groups excluding carboxylic acids is 2. The zero-order valence-electron chi connectivity index (χ0n) is 14.3. The maximum absolute atomic E-state index is 13.3. The first-order valence-corrected chi connectivity index (χ1v) is 9.27. The molecule has 27 heavy (non-hydrogen) atoms. The van der Waals surface area contributed by atoms with Crippen molar-refractivity contribution in [2.45, 2.75) is 0 Å². The third-order valence-corrected chi connectivity index (χ3v) is 5.09. The van der Waals surface area contributed by atoms with Crippen LogP contribution in [0.25, 0.3) is 11.3 Å². The van der Waals surface area contributed by atoms with Gasteiger partial charge in [-0.25, -0.2) is 0 Å². The van der Waals surface area contributed by atoms with E-state index in [2.05, 4.69) is 4.37 Å². The molecule has 4 heteroatoms. The Balaban J connectivity index is 1.89. The maximum Gasteiger partial charge on any atom is 0.205 e. The highest BCUT2D eigenvalue weighted by molar-refractivity contribution is 7.09. The maximum atomic E-state index is 13.3. The summed E-state index contributed by atoms with van der Waals surface area (Å²) in [6.45, 7) is 0. The van der Waals surface area contributed by atoms with E-state index in [1.807, 2.05) is 66.7 Å². The molecule has 0 bridgehead atoms. The van der Waals surface area contributed by atoms with E-state index in [4.69, 9.17) is 0 Å². The predicted molar refractivity (Wildman–Crippen MR) is 107 cm³/mol. The van der Waals surface area contributed by atoms with Crippen molar-refractivity contribution in [3.8, 4) is 11.3 Å². The summed E-state index contributed by atoms with van der Waals surface area (Å²) < 4.78 is 4.48. The molecule has 0 saturated carbocycles. The Morgan fingerprint density at radius 1 is 0.630 bits per heavy atom. The zero-order chi connectivity index (χ0) is 18.6. The van der Waals surface area contributed by atoms with Crippen LogP contribution in [0.1, 0.15) is 31.2 Å². The molecule has 4 aromatic rings. The molecule has 0 saturated heterocycles. The normalized spacial score (nSPS) is 10.5. The number of hydrogen-bond donors (Lipinski definition) is 0. The molecular formula is C23H15NO2S. The van der Waals surface area contributed by atoms with Gasteiger partial charge in [0, 0.05) is 16.7 Å². The lowest BCUT2D eigenvalue weighted by Gasteiger charge is -2.06. The monoisotopic (exact) mass is 369 g/mol. The van der Waals surface area contributed by atoms with Crippen molar-refractivity contribution in [2.75, 3.05) is 0 Å². The van der Waals surface area contributed by atoms with Gasteiger partial charge in [0.1, 0.15) is 4.88 Å². The molecule has 0 spiro atoms. The number of rotatable bonds is 5. The van der Waals surface area contributed by atoms with Crippen molar-refractivity contribution in [1.82, 2.24) is 4.37 Å². The summed E-state index contributed by atoms with van der Waals surface area (Å²) in [6, 6.07) is 27.5. The molecule has 1 heterocycles. The van der Waals surface area contributed by atoms with Crippen LogP contribution in [0.15, 0.2) is 91.0 Å². The van der Waals surface area contributed by atoms with Crippen LogP contribution in [0, 0.1) is 0 Å². The molecule has 0 aliphatic rings. The lowest BCUT2D eigenvalue weighted by atomic mass is 9.95. The van der Waals surface area contributed by atoms with Crippen molar-refractivity contribution in [2.24, 2.45) is 0 Å². The van der Waals surface area contributed by atoms with Gasteiger partial charge in [-0.2, -0.15) is 4.37 Å². The highest BCUT2D eigenvalue weighted by Crippen LogP contribution is 2.32. The van der Waals surface area contributed by atoms with Crippen molar-refractivity contribution >= 4 is 23.1 Å². The van der Waals surface area contributed by atoms with Gasteiger partial charge < -0.3 is 0 Å². The number of carbonyl (C=O) groups is 2. The summed E-state index contributed by atoms with van der Waals surface area (Å²) in [6.07, 6.45) is 0. The van der Waals surface area contributed by atoms with Crippen molar-refractivity contribution in [3.05, 3.63) is 113 Å². The van der Waals surface area contributed by atoms with Gasteiger partial charge in [0.15, 0.2) is 5.78 Å². The summed E-state index contributed by atoms with van der Waals surface area (Å²) in [5.74, 6) is -0.378. The van der Waals surface area contributed by atoms with E-state index in [1.54, 1.807) is 24.3 Å². The topological polar surface area (TPSA) is 47.0 Å². The largest absolute Gasteiger partial charge is 0.288 e. The summed E-state index contributed by atoms with van der Waals surface area (Å²) in [5, 5.41) is 0. The second kappa shape index (κ2) is 7.48. The van der Waals surface area contributed by atoms with Gasteiger partial charge in [-0.1, -0.05) is 91.0 Å². The van der Waals surface area contributed by atoms with E-state index in [-0.39, 0.29) is 11.6 Å². The second-order valence-corrected chi connectivity index (χ2v) is 6.77. The van der Waals surface area contributed by atoms with E-state index in [0.29, 0.717) is 27.3 Å². The molecule has 0 amide bonds. The fourth-order valence-electron chi connectivity index (χ4n) is 2.90. The molecule has 0 fully saturated rings. The van der Waals surface area contributed by atoms with Gasteiger partial charge in [0.2, 0.25) is 5.78 Å². The third kappa shape index (κ3) is 3.35. The number of benzene rings is 3. The molecule has 0 atom stereocenters. The Morgan fingerprint density at radius 3 is 1.67 bits per heavy atom. The lowest BCUT2D eigenvalue weighted by molar-refractivity contribution is 0.101. The minimum atomic E-state index is -0.192. The number of ketones is 2. The molecule has 3 nitrogen and oxygen atoms in total. The van der Waals surface area contributed by atoms with Crippen molar-refractivity contribution in [3.63, 3.8) is 0 Å². The van der Waals surface area contributed by atoms with Gasteiger partial charge in [-0.05, 0) is 11.5 Å². The Hall–Kier alpha value is -3.37. The molecule has 0 unspecified atom stereocenters. The van der Waals surface area contributed by atoms with E-state index in [0.717, 1.165) is 17.1 Å². The molecule has 1 aromatic heterocycles. The average Bonchev–Trinajstić information content (AvgIpc) is 3.19. The minimum Gasteiger partial charge on any atom is -0.288 e. The Bertz CT molecular complexity index is 1090. The highest BCUT2D eigenvalue weighted by atomic mass is 32.1. The fraction of sp³-hybridized carbons (Fsp3) is 0. The van der Waals surface area contributed by atoms with Gasteiger partial charge in [-0.3, -0.25) is 9.59 Å². The quantitative estimate of drug-likeness (QED) is 0.450. The summed E-state index contributed by atoms with van der Waals surface area (Å²) in [4.78, 5) is 26.7. The van der Waals surface area contributed by atoms with Crippen LogP contribution in [-0.2, 0) is 0 Å². The summed E-state index contributed by atoms with van der Waals surface area (Å²) in [7, 11) is 0. The minimum absolute atomic E-state index is 0.186. The first-order valence-electron chi connectivity index (χ1n) is 8.50. The second-order valence-electron chi connectivity index (χ2n) is 5.99. The van der Waals surface area contributed by atoms with Crippen LogP contribution < -0.4 is 0 Å². The Kier molecular flexibility index (Phi) is 4.73. The van der Waals surface area contributed by atoms with E-state index >= 15 is 0 Å². The van der Waals surface area contributed by atoms with E-state index in [9.17, 15) is 9.59 Å². The highest BCUT2D eigenvalue weighted by Gasteiger charge is 2.27. The number of aromatic nitrogens is 1. The summed E-state index contributed by atoms with van der Waals surface area (Å²) in [5.41, 5.74) is 2.82. The zero-order valence-corrected chi connectivity index (χ0v) is 15.1. The average molecular weight is 369 g/mol. The predicted octanol–water partition coefficient (Wildman–Crippen LogP) is 5.27. The number of hydrogen-bond acceptors (Lipinski definition) is 4. The number of nitrogens with zero attached hydrogens (tertiary/aromatic N) is 1. The lowest BCUT2D eigenvalue weighted by Crippen LogP contribution is -2.09. The van der Waals surface area contributed by atoms with Crippen LogP contribution in [0.2, 0.25) is 0 Å². The van der Waals surface area contributed by atoms with Crippen LogP contribution in [0.5, 0.6) is 0 Å². The first kappa shape index (κ1) is 17.1. The van der Waals surface area contributed by atoms with Crippen LogP contribution in [0.4, 0.5) is 0 Å². The van der Waals surface area contributed by atoms with Gasteiger partial charge >= 0.3 is 0 Å². The molecule has 3 aromatic carbocycles.